The monoisotopic (exact) mass is 230 g/mol. The van der Waals surface area contributed by atoms with Crippen LogP contribution in [0.5, 0.6) is 0 Å². The molecule has 1 aliphatic rings. The molecule has 1 unspecified atom stereocenters. The Morgan fingerprint density at radius 3 is 3.24 bits per heavy atom. The molecule has 0 bridgehead atoms. The first-order chi connectivity index (χ1) is 8.33. The number of benzene rings is 1. The van der Waals surface area contributed by atoms with Crippen LogP contribution in [0.15, 0.2) is 29.1 Å². The van der Waals surface area contributed by atoms with Crippen molar-refractivity contribution in [2.24, 2.45) is 0 Å². The van der Waals surface area contributed by atoms with Gasteiger partial charge in [0, 0.05) is 11.7 Å². The Balaban J connectivity index is 1.71. The number of nitrogens with one attached hydrogen (secondary N) is 1. The molecule has 0 spiro atoms. The van der Waals surface area contributed by atoms with Crippen molar-refractivity contribution in [1.29, 1.82) is 0 Å². The van der Waals surface area contributed by atoms with Crippen LogP contribution in [-0.4, -0.2) is 10.1 Å². The number of nitrogens with zero attached hydrogens (tertiary/aromatic N) is 2. The minimum atomic E-state index is 0.365. The van der Waals surface area contributed by atoms with E-state index in [0.717, 1.165) is 18.5 Å². The van der Waals surface area contributed by atoms with Gasteiger partial charge in [-0.2, -0.15) is 4.98 Å². The molecule has 1 heterocycles. The molecule has 1 aromatic heterocycles. The van der Waals surface area contributed by atoms with Crippen LogP contribution in [0.4, 0.5) is 5.69 Å². The topological polar surface area (TPSA) is 77.0 Å². The lowest BCUT2D eigenvalue weighted by atomic mass is 10.1. The summed E-state index contributed by atoms with van der Waals surface area (Å²) in [5.41, 5.74) is 9.29. The third kappa shape index (κ3) is 2.01. The van der Waals surface area contributed by atoms with Crippen molar-refractivity contribution < 1.29 is 4.52 Å². The molecule has 0 saturated carbocycles. The van der Waals surface area contributed by atoms with E-state index in [0.29, 0.717) is 18.4 Å². The highest BCUT2D eigenvalue weighted by Crippen LogP contribution is 2.32. The van der Waals surface area contributed by atoms with Crippen molar-refractivity contribution in [2.75, 3.05) is 5.73 Å². The van der Waals surface area contributed by atoms with Crippen molar-refractivity contribution in [3.63, 3.8) is 0 Å². The quantitative estimate of drug-likeness (QED) is 0.780. The summed E-state index contributed by atoms with van der Waals surface area (Å²) in [6.45, 7) is 0.630. The predicted octanol–water partition coefficient (Wildman–Crippen LogP) is 1.43. The van der Waals surface area contributed by atoms with E-state index in [4.69, 9.17) is 10.3 Å². The summed E-state index contributed by atoms with van der Waals surface area (Å²) in [5, 5.41) is 7.21. The zero-order valence-corrected chi connectivity index (χ0v) is 9.39. The van der Waals surface area contributed by atoms with Crippen LogP contribution in [0.3, 0.4) is 0 Å². The number of fused-ring (bicyclic) bond motifs is 1. The number of nitrogens with two attached hydrogens (primary N) is 1. The van der Waals surface area contributed by atoms with E-state index in [1.165, 1.54) is 17.5 Å². The molecule has 0 saturated heterocycles. The minimum Gasteiger partial charge on any atom is -0.399 e. The number of hydrogen-bond acceptors (Lipinski definition) is 5. The largest absolute Gasteiger partial charge is 0.399 e. The van der Waals surface area contributed by atoms with E-state index in [1.54, 1.807) is 0 Å². The molecule has 88 valence electrons. The van der Waals surface area contributed by atoms with Gasteiger partial charge in [-0.15, -0.1) is 0 Å². The van der Waals surface area contributed by atoms with Gasteiger partial charge in [0.1, 0.15) is 0 Å². The molecule has 3 N–H and O–H groups in total. The lowest BCUT2D eigenvalue weighted by Gasteiger charge is -2.12. The van der Waals surface area contributed by atoms with Crippen LogP contribution < -0.4 is 11.1 Å². The van der Waals surface area contributed by atoms with Gasteiger partial charge in [-0.1, -0.05) is 11.2 Å². The molecule has 0 aliphatic heterocycles. The van der Waals surface area contributed by atoms with E-state index >= 15 is 0 Å². The number of anilines is 1. The Kier molecular flexibility index (Phi) is 2.53. The van der Waals surface area contributed by atoms with Crippen molar-refractivity contribution in [2.45, 2.75) is 25.4 Å². The van der Waals surface area contributed by atoms with Gasteiger partial charge in [-0.25, -0.2) is 0 Å². The second-order valence-corrected chi connectivity index (χ2v) is 4.28. The van der Waals surface area contributed by atoms with Gasteiger partial charge >= 0.3 is 0 Å². The summed E-state index contributed by atoms with van der Waals surface area (Å²) in [6, 6.07) is 6.48. The fourth-order valence-electron chi connectivity index (χ4n) is 2.33. The summed E-state index contributed by atoms with van der Waals surface area (Å²) in [5.74, 6) is 0.689. The molecule has 2 aromatic rings. The Bertz CT molecular complexity index is 509. The molecular formula is C12H14N4O. The molecule has 0 fully saturated rings. The Labute approximate surface area is 99.0 Å². The molecule has 5 heteroatoms. The molecular weight excluding hydrogens is 216 g/mol. The van der Waals surface area contributed by atoms with Crippen molar-refractivity contribution in [1.82, 2.24) is 15.5 Å². The highest BCUT2D eigenvalue weighted by Gasteiger charge is 2.22. The molecule has 0 radical (unpaired) electrons. The van der Waals surface area contributed by atoms with Crippen LogP contribution in [-0.2, 0) is 13.0 Å². The van der Waals surface area contributed by atoms with Gasteiger partial charge in [0.15, 0.2) is 5.82 Å². The van der Waals surface area contributed by atoms with Gasteiger partial charge in [-0.3, -0.25) is 0 Å². The lowest BCUT2D eigenvalue weighted by molar-refractivity contribution is 0.403. The fourth-order valence-corrected chi connectivity index (χ4v) is 2.33. The van der Waals surface area contributed by atoms with Crippen LogP contribution in [0.1, 0.15) is 29.4 Å². The highest BCUT2D eigenvalue weighted by atomic mass is 16.5. The third-order valence-electron chi connectivity index (χ3n) is 3.16. The minimum absolute atomic E-state index is 0.365. The summed E-state index contributed by atoms with van der Waals surface area (Å²) in [6.07, 6.45) is 3.52. The van der Waals surface area contributed by atoms with Crippen LogP contribution in [0.2, 0.25) is 0 Å². The van der Waals surface area contributed by atoms with Crippen LogP contribution >= 0.6 is 0 Å². The molecule has 1 atom stereocenters. The first-order valence-corrected chi connectivity index (χ1v) is 5.70. The maximum atomic E-state index is 5.77. The molecule has 3 rings (SSSR count). The van der Waals surface area contributed by atoms with Crippen LogP contribution in [0.25, 0.3) is 0 Å². The van der Waals surface area contributed by atoms with E-state index in [9.17, 15) is 0 Å². The summed E-state index contributed by atoms with van der Waals surface area (Å²) in [7, 11) is 0. The first kappa shape index (κ1) is 10.3. The van der Waals surface area contributed by atoms with E-state index < -0.39 is 0 Å². The Morgan fingerprint density at radius 1 is 1.47 bits per heavy atom. The molecule has 1 aliphatic carbocycles. The number of aryl methyl sites for hydroxylation is 1. The summed E-state index contributed by atoms with van der Waals surface area (Å²) in [4.78, 5) is 3.99. The molecule has 1 aromatic carbocycles. The number of aromatic nitrogens is 2. The second kappa shape index (κ2) is 4.18. The smallest absolute Gasteiger partial charge is 0.213 e. The second-order valence-electron chi connectivity index (χ2n) is 4.28. The van der Waals surface area contributed by atoms with E-state index in [-0.39, 0.29) is 0 Å². The average Bonchev–Trinajstić information content (AvgIpc) is 2.94. The van der Waals surface area contributed by atoms with Gasteiger partial charge < -0.3 is 15.6 Å². The SMILES string of the molecule is Nc1ccc2c(c1)CCC2NCc1ncon1. The van der Waals surface area contributed by atoms with Gasteiger partial charge in [-0.05, 0) is 36.1 Å². The summed E-state index contributed by atoms with van der Waals surface area (Å²) >= 11 is 0. The lowest BCUT2D eigenvalue weighted by Crippen LogP contribution is -2.19. The van der Waals surface area contributed by atoms with Crippen molar-refractivity contribution in [3.8, 4) is 0 Å². The summed E-state index contributed by atoms with van der Waals surface area (Å²) < 4.78 is 4.70. The highest BCUT2D eigenvalue weighted by molar-refractivity contribution is 5.47. The Morgan fingerprint density at radius 2 is 2.41 bits per heavy atom. The third-order valence-corrected chi connectivity index (χ3v) is 3.16. The zero-order valence-electron chi connectivity index (χ0n) is 9.39. The molecule has 17 heavy (non-hydrogen) atoms. The van der Waals surface area contributed by atoms with Gasteiger partial charge in [0.05, 0.1) is 6.54 Å². The Hall–Kier alpha value is -1.88. The first-order valence-electron chi connectivity index (χ1n) is 5.70. The van der Waals surface area contributed by atoms with Gasteiger partial charge in [0.25, 0.3) is 0 Å². The predicted molar refractivity (Wildman–Crippen MR) is 63.1 cm³/mol. The average molecular weight is 230 g/mol. The van der Waals surface area contributed by atoms with Crippen molar-refractivity contribution in [3.05, 3.63) is 41.5 Å². The molecule has 5 nitrogen and oxygen atoms in total. The van der Waals surface area contributed by atoms with E-state index in [1.807, 2.05) is 6.07 Å². The maximum absolute atomic E-state index is 5.77. The number of rotatable bonds is 3. The fraction of sp³-hybridized carbons (Fsp3) is 0.333. The van der Waals surface area contributed by atoms with Gasteiger partial charge in [0.2, 0.25) is 6.39 Å². The normalized spacial score (nSPS) is 18.2. The number of hydrogen-bond donors (Lipinski definition) is 2. The van der Waals surface area contributed by atoms with Crippen LogP contribution in [0, 0.1) is 0 Å². The molecule has 0 amide bonds. The zero-order chi connectivity index (χ0) is 11.7. The maximum Gasteiger partial charge on any atom is 0.213 e. The number of nitrogen functional groups attached to an aromatic ring is 1. The standard InChI is InChI=1S/C12H14N4O/c13-9-2-3-10-8(5-9)1-4-11(10)14-6-12-15-7-17-16-12/h2-3,5,7,11,14H,1,4,6,13H2. The van der Waals surface area contributed by atoms with E-state index in [2.05, 4.69) is 27.6 Å². The van der Waals surface area contributed by atoms with Crippen molar-refractivity contribution >= 4 is 5.69 Å².